The summed E-state index contributed by atoms with van der Waals surface area (Å²) in [6.45, 7) is 2.26. The minimum Gasteiger partial charge on any atom is -0.298 e. The van der Waals surface area contributed by atoms with Gasteiger partial charge in [-0.15, -0.1) is 0 Å². The van der Waals surface area contributed by atoms with Crippen molar-refractivity contribution >= 4 is 11.6 Å². The molecule has 0 heterocycles. The molecular formula is C10H10ClFN2. The molecule has 0 radical (unpaired) electrons. The molecule has 14 heavy (non-hydrogen) atoms. The fourth-order valence-corrected chi connectivity index (χ4v) is 1.17. The van der Waals surface area contributed by atoms with Crippen LogP contribution in [-0.4, -0.2) is 6.04 Å². The Kier molecular flexibility index (Phi) is 3.87. The maximum Gasteiger partial charge on any atom is 0.141 e. The summed E-state index contributed by atoms with van der Waals surface area (Å²) in [6, 6.07) is 6.32. The fourth-order valence-electron chi connectivity index (χ4n) is 0.966. The van der Waals surface area contributed by atoms with Gasteiger partial charge in [-0.1, -0.05) is 17.7 Å². The second-order valence-electron chi connectivity index (χ2n) is 2.98. The highest BCUT2D eigenvalue weighted by Crippen LogP contribution is 2.15. The van der Waals surface area contributed by atoms with Crippen molar-refractivity contribution in [2.45, 2.75) is 19.5 Å². The van der Waals surface area contributed by atoms with Crippen molar-refractivity contribution in [2.75, 3.05) is 0 Å². The van der Waals surface area contributed by atoms with E-state index in [1.165, 1.54) is 6.07 Å². The molecule has 1 unspecified atom stereocenters. The molecule has 0 spiro atoms. The third kappa shape index (κ3) is 2.99. The lowest BCUT2D eigenvalue weighted by Crippen LogP contribution is -2.23. The molecule has 0 bridgehead atoms. The highest BCUT2D eigenvalue weighted by molar-refractivity contribution is 6.30. The molecule has 4 heteroatoms. The van der Waals surface area contributed by atoms with Crippen LogP contribution in [0.25, 0.3) is 0 Å². The standard InChI is InChI=1S/C10H10ClFN2/c1-7(5-13)14-6-8-2-3-10(12)9(11)4-8/h2-4,7,14H,6H2,1H3. The van der Waals surface area contributed by atoms with Gasteiger partial charge in [0.25, 0.3) is 0 Å². The Bertz CT molecular complexity index is 360. The van der Waals surface area contributed by atoms with Crippen LogP contribution in [0.15, 0.2) is 18.2 Å². The van der Waals surface area contributed by atoms with Crippen LogP contribution in [-0.2, 0) is 6.54 Å². The van der Waals surface area contributed by atoms with Crippen molar-refractivity contribution < 1.29 is 4.39 Å². The summed E-state index contributed by atoms with van der Waals surface area (Å²) >= 11 is 5.60. The predicted molar refractivity (Wildman–Crippen MR) is 53.3 cm³/mol. The van der Waals surface area contributed by atoms with Gasteiger partial charge in [-0.05, 0) is 24.6 Å². The highest BCUT2D eigenvalue weighted by Gasteiger charge is 2.02. The molecule has 1 aromatic rings. The van der Waals surface area contributed by atoms with Crippen molar-refractivity contribution in [1.29, 1.82) is 5.26 Å². The predicted octanol–water partition coefficient (Wildman–Crippen LogP) is 2.48. The quantitative estimate of drug-likeness (QED) is 0.836. The van der Waals surface area contributed by atoms with E-state index in [2.05, 4.69) is 5.32 Å². The van der Waals surface area contributed by atoms with Gasteiger partial charge in [0.2, 0.25) is 0 Å². The van der Waals surface area contributed by atoms with Crippen LogP contribution in [0, 0.1) is 17.1 Å². The summed E-state index contributed by atoms with van der Waals surface area (Å²) in [5.41, 5.74) is 0.860. The maximum atomic E-state index is 12.8. The molecule has 2 nitrogen and oxygen atoms in total. The lowest BCUT2D eigenvalue weighted by atomic mass is 10.2. The summed E-state index contributed by atoms with van der Waals surface area (Å²) in [4.78, 5) is 0. The second kappa shape index (κ2) is 4.94. The van der Waals surface area contributed by atoms with Gasteiger partial charge in [-0.3, -0.25) is 5.32 Å². The molecule has 0 fully saturated rings. The Hall–Kier alpha value is -1.11. The molecule has 0 saturated heterocycles. The zero-order valence-corrected chi connectivity index (χ0v) is 8.48. The number of hydrogen-bond acceptors (Lipinski definition) is 2. The number of benzene rings is 1. The van der Waals surface area contributed by atoms with Crippen LogP contribution in [0.5, 0.6) is 0 Å². The molecule has 1 atom stereocenters. The van der Waals surface area contributed by atoms with E-state index in [1.54, 1.807) is 19.1 Å². The van der Waals surface area contributed by atoms with Crippen LogP contribution in [0.3, 0.4) is 0 Å². The van der Waals surface area contributed by atoms with Crippen molar-refractivity contribution in [3.8, 4) is 6.07 Å². The van der Waals surface area contributed by atoms with Crippen LogP contribution >= 0.6 is 11.6 Å². The molecule has 0 aliphatic carbocycles. The van der Waals surface area contributed by atoms with Crippen molar-refractivity contribution in [2.24, 2.45) is 0 Å². The molecule has 0 aliphatic rings. The highest BCUT2D eigenvalue weighted by atomic mass is 35.5. The summed E-state index contributed by atoms with van der Waals surface area (Å²) in [6.07, 6.45) is 0. The average Bonchev–Trinajstić information content (AvgIpc) is 2.19. The first-order chi connectivity index (χ1) is 6.63. The van der Waals surface area contributed by atoms with E-state index < -0.39 is 5.82 Å². The molecule has 0 aliphatic heterocycles. The number of hydrogen-bond donors (Lipinski definition) is 1. The number of nitrogens with zero attached hydrogens (tertiary/aromatic N) is 1. The molecule has 1 aromatic carbocycles. The second-order valence-corrected chi connectivity index (χ2v) is 3.39. The Morgan fingerprint density at radius 1 is 1.64 bits per heavy atom. The lowest BCUT2D eigenvalue weighted by Gasteiger charge is -2.06. The molecule has 0 amide bonds. The summed E-state index contributed by atoms with van der Waals surface area (Å²) in [5, 5.41) is 11.6. The first-order valence-electron chi connectivity index (χ1n) is 4.20. The van der Waals surface area contributed by atoms with Gasteiger partial charge in [-0.2, -0.15) is 5.26 Å². The van der Waals surface area contributed by atoms with Crippen LogP contribution < -0.4 is 5.32 Å². The normalized spacial score (nSPS) is 12.1. The molecule has 1 rings (SSSR count). The fraction of sp³-hybridized carbons (Fsp3) is 0.300. The topological polar surface area (TPSA) is 35.8 Å². The van der Waals surface area contributed by atoms with E-state index in [0.29, 0.717) is 6.54 Å². The lowest BCUT2D eigenvalue weighted by molar-refractivity contribution is 0.621. The zero-order valence-electron chi connectivity index (χ0n) is 7.72. The van der Waals surface area contributed by atoms with Gasteiger partial charge in [-0.25, -0.2) is 4.39 Å². The minimum absolute atomic E-state index is 0.105. The van der Waals surface area contributed by atoms with Gasteiger partial charge >= 0.3 is 0 Å². The van der Waals surface area contributed by atoms with E-state index in [0.717, 1.165) is 5.56 Å². The van der Waals surface area contributed by atoms with E-state index in [4.69, 9.17) is 16.9 Å². The molecule has 0 saturated carbocycles. The largest absolute Gasteiger partial charge is 0.298 e. The molecular weight excluding hydrogens is 203 g/mol. The van der Waals surface area contributed by atoms with Crippen LogP contribution in [0.2, 0.25) is 5.02 Å². The van der Waals surface area contributed by atoms with Gasteiger partial charge in [0.15, 0.2) is 0 Å². The van der Waals surface area contributed by atoms with Crippen molar-refractivity contribution in [3.05, 3.63) is 34.6 Å². The van der Waals surface area contributed by atoms with E-state index in [1.807, 2.05) is 6.07 Å². The number of rotatable bonds is 3. The maximum absolute atomic E-state index is 12.8. The first kappa shape index (κ1) is 11.0. The third-order valence-electron chi connectivity index (χ3n) is 1.79. The van der Waals surface area contributed by atoms with Crippen LogP contribution in [0.4, 0.5) is 4.39 Å². The van der Waals surface area contributed by atoms with Gasteiger partial charge < -0.3 is 0 Å². The number of halogens is 2. The van der Waals surface area contributed by atoms with E-state index >= 15 is 0 Å². The smallest absolute Gasteiger partial charge is 0.141 e. The Labute approximate surface area is 87.3 Å². The summed E-state index contributed by atoms with van der Waals surface area (Å²) < 4.78 is 12.8. The summed E-state index contributed by atoms with van der Waals surface area (Å²) in [5.74, 6) is -0.427. The zero-order chi connectivity index (χ0) is 10.6. The Morgan fingerprint density at radius 3 is 2.93 bits per heavy atom. The first-order valence-corrected chi connectivity index (χ1v) is 4.58. The van der Waals surface area contributed by atoms with Crippen molar-refractivity contribution in [1.82, 2.24) is 5.32 Å². The molecule has 1 N–H and O–H groups in total. The van der Waals surface area contributed by atoms with Gasteiger partial charge in [0, 0.05) is 6.54 Å². The number of nitrogens with one attached hydrogen (secondary N) is 1. The Balaban J connectivity index is 2.61. The average molecular weight is 213 g/mol. The third-order valence-corrected chi connectivity index (χ3v) is 2.08. The van der Waals surface area contributed by atoms with Crippen molar-refractivity contribution in [3.63, 3.8) is 0 Å². The SMILES string of the molecule is CC(C#N)NCc1ccc(F)c(Cl)c1. The summed E-state index contributed by atoms with van der Waals surface area (Å²) in [7, 11) is 0. The number of nitriles is 1. The molecule has 0 aromatic heterocycles. The Morgan fingerprint density at radius 2 is 2.36 bits per heavy atom. The van der Waals surface area contributed by atoms with Gasteiger partial charge in [0.1, 0.15) is 5.82 Å². The monoisotopic (exact) mass is 212 g/mol. The van der Waals surface area contributed by atoms with E-state index in [9.17, 15) is 4.39 Å². The van der Waals surface area contributed by atoms with Gasteiger partial charge in [0.05, 0.1) is 17.1 Å². The minimum atomic E-state index is -0.427. The molecule has 74 valence electrons. The van der Waals surface area contributed by atoms with E-state index in [-0.39, 0.29) is 11.1 Å². The van der Waals surface area contributed by atoms with Crippen LogP contribution in [0.1, 0.15) is 12.5 Å².